The van der Waals surface area contributed by atoms with E-state index in [0.29, 0.717) is 5.69 Å². The molecule has 2 aliphatic rings. The number of carbonyl (C=O) groups excluding carboxylic acids is 3. The van der Waals surface area contributed by atoms with Gasteiger partial charge in [-0.3, -0.25) is 9.59 Å². The fourth-order valence-electron chi connectivity index (χ4n) is 4.04. The highest BCUT2D eigenvalue weighted by Gasteiger charge is 2.43. The van der Waals surface area contributed by atoms with E-state index in [1.807, 2.05) is 0 Å². The van der Waals surface area contributed by atoms with E-state index in [2.05, 4.69) is 10.1 Å². The molecule has 0 saturated heterocycles. The van der Waals surface area contributed by atoms with Crippen LogP contribution >= 0.6 is 0 Å². The molecule has 0 spiro atoms. The number of nitrogens with two attached hydrogens (primary N) is 1. The number of anilines is 1. The maximum atomic E-state index is 13.2. The molecule has 0 aliphatic heterocycles. The molecule has 3 N–H and O–H groups in total. The highest BCUT2D eigenvalue weighted by Crippen LogP contribution is 2.39. The van der Waals surface area contributed by atoms with Crippen LogP contribution in [0.25, 0.3) is 0 Å². The van der Waals surface area contributed by atoms with Crippen molar-refractivity contribution in [2.75, 3.05) is 5.32 Å². The fourth-order valence-corrected chi connectivity index (χ4v) is 4.04. The summed E-state index contributed by atoms with van der Waals surface area (Å²) in [6.07, 6.45) is -2.17. The number of benzene rings is 2. The molecule has 2 aromatic carbocycles. The number of ether oxygens (including phenoxy) is 1. The van der Waals surface area contributed by atoms with Crippen molar-refractivity contribution in [1.29, 1.82) is 0 Å². The number of nitrogens with one attached hydrogen (secondary N) is 1. The standard InChI is InChI=1S/C22H19F3N2O4/c23-22(24,25)21(30)31-16-10-9-15(27-12-7-5-11(26)6-8-12)17-18(16)20(29)14-4-2-1-3-13(14)19(17)28/h1-4,9-12,27H,5-8,26H2. The molecule has 9 heteroatoms. The molecule has 162 valence electrons. The Morgan fingerprint density at radius 3 is 2.10 bits per heavy atom. The highest BCUT2D eigenvalue weighted by molar-refractivity contribution is 6.31. The molecular weight excluding hydrogens is 413 g/mol. The summed E-state index contributed by atoms with van der Waals surface area (Å²) >= 11 is 0. The van der Waals surface area contributed by atoms with Crippen LogP contribution in [0.3, 0.4) is 0 Å². The average Bonchev–Trinajstić information content (AvgIpc) is 2.73. The van der Waals surface area contributed by atoms with Crippen LogP contribution in [-0.2, 0) is 4.79 Å². The number of esters is 1. The second kappa shape index (κ2) is 7.81. The molecule has 0 aromatic heterocycles. The number of carbonyl (C=O) groups is 3. The monoisotopic (exact) mass is 432 g/mol. The molecule has 0 atom stereocenters. The molecule has 1 saturated carbocycles. The van der Waals surface area contributed by atoms with Gasteiger partial charge in [-0.15, -0.1) is 0 Å². The van der Waals surface area contributed by atoms with Crippen LogP contribution in [0.15, 0.2) is 36.4 Å². The largest absolute Gasteiger partial charge is 0.491 e. The van der Waals surface area contributed by atoms with E-state index in [0.717, 1.165) is 31.7 Å². The fraction of sp³-hybridized carbons (Fsp3) is 0.318. The number of hydrogen-bond donors (Lipinski definition) is 2. The molecule has 2 aliphatic carbocycles. The third kappa shape index (κ3) is 3.93. The summed E-state index contributed by atoms with van der Waals surface area (Å²) in [5.74, 6) is -4.26. The Balaban J connectivity index is 1.79. The van der Waals surface area contributed by atoms with E-state index in [-0.39, 0.29) is 34.3 Å². The Hall–Kier alpha value is -3.20. The summed E-state index contributed by atoms with van der Waals surface area (Å²) < 4.78 is 42.7. The summed E-state index contributed by atoms with van der Waals surface area (Å²) in [7, 11) is 0. The molecule has 0 radical (unpaired) electrons. The predicted octanol–water partition coefficient (Wildman–Crippen LogP) is 3.61. The van der Waals surface area contributed by atoms with Gasteiger partial charge in [0.25, 0.3) is 0 Å². The zero-order chi connectivity index (χ0) is 22.3. The van der Waals surface area contributed by atoms with Gasteiger partial charge in [0.15, 0.2) is 11.6 Å². The molecule has 6 nitrogen and oxygen atoms in total. The van der Waals surface area contributed by atoms with E-state index in [1.54, 1.807) is 12.1 Å². The first-order valence-corrected chi connectivity index (χ1v) is 9.83. The molecule has 1 fully saturated rings. The van der Waals surface area contributed by atoms with Crippen molar-refractivity contribution < 1.29 is 32.3 Å². The Labute approximate surface area is 175 Å². The molecule has 0 unspecified atom stereocenters. The highest BCUT2D eigenvalue weighted by atomic mass is 19.4. The van der Waals surface area contributed by atoms with Crippen molar-refractivity contribution in [3.05, 3.63) is 58.7 Å². The Kier molecular flexibility index (Phi) is 5.30. The van der Waals surface area contributed by atoms with E-state index in [1.165, 1.54) is 18.2 Å². The summed E-state index contributed by atoms with van der Waals surface area (Å²) in [6, 6.07) is 8.61. The first kappa shape index (κ1) is 21.0. The molecule has 31 heavy (non-hydrogen) atoms. The smallest absolute Gasteiger partial charge is 0.419 e. The second-order valence-corrected chi connectivity index (χ2v) is 7.71. The third-order valence-corrected chi connectivity index (χ3v) is 5.60. The number of fused-ring (bicyclic) bond motifs is 2. The minimum atomic E-state index is -5.25. The van der Waals surface area contributed by atoms with Crippen molar-refractivity contribution in [1.82, 2.24) is 0 Å². The SMILES string of the molecule is NC1CCC(Nc2ccc(OC(=O)C(F)(F)F)c3c2C(=O)c2ccccc2C3=O)CC1. The topological polar surface area (TPSA) is 98.5 Å². The molecular formula is C22H19F3N2O4. The van der Waals surface area contributed by atoms with Crippen molar-refractivity contribution in [3.8, 4) is 5.75 Å². The maximum Gasteiger partial charge on any atom is 0.491 e. The number of hydrogen-bond acceptors (Lipinski definition) is 6. The summed E-state index contributed by atoms with van der Waals surface area (Å²) in [4.78, 5) is 37.8. The van der Waals surface area contributed by atoms with Gasteiger partial charge in [-0.2, -0.15) is 13.2 Å². The number of rotatable bonds is 3. The van der Waals surface area contributed by atoms with Crippen molar-refractivity contribution >= 4 is 23.2 Å². The normalized spacial score (nSPS) is 20.6. The minimum absolute atomic E-state index is 0.00690. The van der Waals surface area contributed by atoms with Gasteiger partial charge in [0, 0.05) is 28.9 Å². The van der Waals surface area contributed by atoms with Gasteiger partial charge in [-0.1, -0.05) is 24.3 Å². The predicted molar refractivity (Wildman–Crippen MR) is 105 cm³/mol. The van der Waals surface area contributed by atoms with Crippen LogP contribution < -0.4 is 15.8 Å². The van der Waals surface area contributed by atoms with E-state index < -0.39 is 29.5 Å². The van der Waals surface area contributed by atoms with Crippen molar-refractivity contribution in [3.63, 3.8) is 0 Å². The maximum absolute atomic E-state index is 13.2. The van der Waals surface area contributed by atoms with Gasteiger partial charge in [0.1, 0.15) is 5.75 Å². The lowest BCUT2D eigenvalue weighted by Crippen LogP contribution is -2.34. The van der Waals surface area contributed by atoms with E-state index in [9.17, 15) is 27.6 Å². The van der Waals surface area contributed by atoms with Crippen LogP contribution in [0, 0.1) is 0 Å². The van der Waals surface area contributed by atoms with Gasteiger partial charge < -0.3 is 15.8 Å². The van der Waals surface area contributed by atoms with Gasteiger partial charge >= 0.3 is 12.1 Å². The molecule has 0 amide bonds. The van der Waals surface area contributed by atoms with Crippen LogP contribution in [0.4, 0.5) is 18.9 Å². The van der Waals surface area contributed by atoms with Crippen LogP contribution in [0.1, 0.15) is 57.5 Å². The Bertz CT molecular complexity index is 1070. The minimum Gasteiger partial charge on any atom is -0.419 e. The number of alkyl halides is 3. The van der Waals surface area contributed by atoms with Gasteiger partial charge in [-0.05, 0) is 37.8 Å². The lowest BCUT2D eigenvalue weighted by molar-refractivity contribution is -0.189. The van der Waals surface area contributed by atoms with E-state index in [4.69, 9.17) is 5.73 Å². The van der Waals surface area contributed by atoms with Crippen LogP contribution in [-0.4, -0.2) is 35.8 Å². The van der Waals surface area contributed by atoms with Crippen LogP contribution in [0.2, 0.25) is 0 Å². The van der Waals surface area contributed by atoms with Gasteiger partial charge in [0.2, 0.25) is 0 Å². The van der Waals surface area contributed by atoms with Crippen molar-refractivity contribution in [2.24, 2.45) is 5.73 Å². The van der Waals surface area contributed by atoms with Crippen LogP contribution in [0.5, 0.6) is 5.75 Å². The molecule has 4 rings (SSSR count). The molecule has 0 heterocycles. The number of halogens is 3. The lowest BCUT2D eigenvalue weighted by atomic mass is 9.82. The summed E-state index contributed by atoms with van der Waals surface area (Å²) in [5, 5.41) is 3.23. The Morgan fingerprint density at radius 1 is 0.935 bits per heavy atom. The second-order valence-electron chi connectivity index (χ2n) is 7.71. The summed E-state index contributed by atoms with van der Waals surface area (Å²) in [6.45, 7) is 0. The molecule has 0 bridgehead atoms. The quantitative estimate of drug-likeness (QED) is 0.485. The Morgan fingerprint density at radius 2 is 1.52 bits per heavy atom. The average molecular weight is 432 g/mol. The first-order valence-electron chi connectivity index (χ1n) is 9.83. The zero-order valence-corrected chi connectivity index (χ0v) is 16.3. The number of ketones is 2. The van der Waals surface area contributed by atoms with E-state index >= 15 is 0 Å². The summed E-state index contributed by atoms with van der Waals surface area (Å²) in [5.41, 5.74) is 6.00. The zero-order valence-electron chi connectivity index (χ0n) is 16.3. The van der Waals surface area contributed by atoms with Gasteiger partial charge in [0.05, 0.1) is 11.1 Å². The molecule has 2 aromatic rings. The van der Waals surface area contributed by atoms with Crippen molar-refractivity contribution in [2.45, 2.75) is 43.9 Å². The third-order valence-electron chi connectivity index (χ3n) is 5.60. The van der Waals surface area contributed by atoms with Gasteiger partial charge in [-0.25, -0.2) is 4.79 Å². The lowest BCUT2D eigenvalue weighted by Gasteiger charge is -2.30. The first-order chi connectivity index (χ1) is 14.7.